The van der Waals surface area contributed by atoms with Crippen LogP contribution in [0.25, 0.3) is 11.3 Å². The van der Waals surface area contributed by atoms with E-state index in [-0.39, 0.29) is 5.82 Å². The van der Waals surface area contributed by atoms with Gasteiger partial charge in [-0.15, -0.1) is 0 Å². The van der Waals surface area contributed by atoms with E-state index in [4.69, 9.17) is 0 Å². The molecule has 1 nitrogen and oxygen atoms in total. The van der Waals surface area contributed by atoms with E-state index in [1.54, 1.807) is 12.3 Å². The molecule has 2 aromatic rings. The number of halogens is 2. The summed E-state index contributed by atoms with van der Waals surface area (Å²) in [5.74, 6) is -0.216. The molecule has 76 valence electrons. The molecule has 0 amide bonds. The normalized spacial score (nSPS) is 10.3. The Kier molecular flexibility index (Phi) is 2.82. The summed E-state index contributed by atoms with van der Waals surface area (Å²) in [6.45, 7) is 1.88. The SMILES string of the molecule is Cc1cc(F)ccc1-c1cc(Br)ccn1. The van der Waals surface area contributed by atoms with Crippen LogP contribution in [0.3, 0.4) is 0 Å². The predicted octanol–water partition coefficient (Wildman–Crippen LogP) is 3.96. The Morgan fingerprint density at radius 2 is 2.00 bits per heavy atom. The van der Waals surface area contributed by atoms with Crippen LogP contribution in [-0.2, 0) is 0 Å². The van der Waals surface area contributed by atoms with Gasteiger partial charge >= 0.3 is 0 Å². The predicted molar refractivity (Wildman–Crippen MR) is 62.1 cm³/mol. The summed E-state index contributed by atoms with van der Waals surface area (Å²) < 4.78 is 13.9. The van der Waals surface area contributed by atoms with Crippen molar-refractivity contribution in [2.24, 2.45) is 0 Å². The second kappa shape index (κ2) is 4.11. The molecule has 0 aliphatic heterocycles. The molecular weight excluding hydrogens is 257 g/mol. The molecule has 0 saturated heterocycles. The molecule has 0 unspecified atom stereocenters. The molecule has 15 heavy (non-hydrogen) atoms. The van der Waals surface area contributed by atoms with Crippen LogP contribution in [0.4, 0.5) is 4.39 Å². The highest BCUT2D eigenvalue weighted by Crippen LogP contribution is 2.24. The fourth-order valence-corrected chi connectivity index (χ4v) is 1.80. The van der Waals surface area contributed by atoms with Crippen molar-refractivity contribution in [3.63, 3.8) is 0 Å². The molecule has 1 aromatic carbocycles. The van der Waals surface area contributed by atoms with Crippen molar-refractivity contribution >= 4 is 15.9 Å². The first-order valence-corrected chi connectivity index (χ1v) is 5.34. The van der Waals surface area contributed by atoms with Crippen molar-refractivity contribution in [3.8, 4) is 11.3 Å². The second-order valence-corrected chi connectivity index (χ2v) is 4.23. The van der Waals surface area contributed by atoms with E-state index in [9.17, 15) is 4.39 Å². The molecule has 0 saturated carbocycles. The van der Waals surface area contributed by atoms with Gasteiger partial charge in [-0.1, -0.05) is 15.9 Å². The molecule has 2 rings (SSSR count). The van der Waals surface area contributed by atoms with Crippen molar-refractivity contribution in [1.29, 1.82) is 0 Å². The maximum Gasteiger partial charge on any atom is 0.123 e. The summed E-state index contributed by atoms with van der Waals surface area (Å²) >= 11 is 3.38. The number of aromatic nitrogens is 1. The van der Waals surface area contributed by atoms with Gasteiger partial charge < -0.3 is 0 Å². The highest BCUT2D eigenvalue weighted by Gasteiger charge is 2.04. The Labute approximate surface area is 96.1 Å². The topological polar surface area (TPSA) is 12.9 Å². The van der Waals surface area contributed by atoms with Gasteiger partial charge in [-0.3, -0.25) is 4.98 Å². The minimum atomic E-state index is -0.216. The molecular formula is C12H9BrFN. The van der Waals surface area contributed by atoms with Gasteiger partial charge in [0, 0.05) is 16.2 Å². The Bertz CT molecular complexity index is 497. The number of aryl methyl sites for hydroxylation is 1. The van der Waals surface area contributed by atoms with Gasteiger partial charge in [0.25, 0.3) is 0 Å². The Hall–Kier alpha value is -1.22. The van der Waals surface area contributed by atoms with Crippen molar-refractivity contribution in [2.45, 2.75) is 6.92 Å². The van der Waals surface area contributed by atoms with Crippen molar-refractivity contribution in [3.05, 3.63) is 52.4 Å². The zero-order chi connectivity index (χ0) is 10.8. The third-order valence-electron chi connectivity index (χ3n) is 2.19. The van der Waals surface area contributed by atoms with E-state index in [2.05, 4.69) is 20.9 Å². The molecule has 0 spiro atoms. The minimum Gasteiger partial charge on any atom is -0.256 e. The summed E-state index contributed by atoms with van der Waals surface area (Å²) in [5.41, 5.74) is 2.69. The lowest BCUT2D eigenvalue weighted by molar-refractivity contribution is 0.627. The number of pyridine rings is 1. The summed E-state index contributed by atoms with van der Waals surface area (Å²) in [6.07, 6.45) is 1.72. The first-order valence-electron chi connectivity index (χ1n) is 4.55. The van der Waals surface area contributed by atoms with E-state index in [1.165, 1.54) is 12.1 Å². The van der Waals surface area contributed by atoms with Crippen LogP contribution in [0.15, 0.2) is 41.0 Å². The fraction of sp³-hybridized carbons (Fsp3) is 0.0833. The first kappa shape index (κ1) is 10.3. The van der Waals surface area contributed by atoms with E-state index in [0.717, 1.165) is 21.3 Å². The molecule has 0 aliphatic carbocycles. The van der Waals surface area contributed by atoms with Crippen LogP contribution in [-0.4, -0.2) is 4.98 Å². The zero-order valence-corrected chi connectivity index (χ0v) is 9.75. The minimum absolute atomic E-state index is 0.216. The lowest BCUT2D eigenvalue weighted by atomic mass is 10.1. The third kappa shape index (κ3) is 2.23. The van der Waals surface area contributed by atoms with E-state index < -0.39 is 0 Å². The van der Waals surface area contributed by atoms with Crippen molar-refractivity contribution in [1.82, 2.24) is 4.98 Å². The fourth-order valence-electron chi connectivity index (χ4n) is 1.47. The second-order valence-electron chi connectivity index (χ2n) is 3.32. The number of hydrogen-bond acceptors (Lipinski definition) is 1. The maximum absolute atomic E-state index is 12.9. The molecule has 0 fully saturated rings. The number of nitrogens with zero attached hydrogens (tertiary/aromatic N) is 1. The van der Waals surface area contributed by atoms with Crippen LogP contribution < -0.4 is 0 Å². The van der Waals surface area contributed by atoms with Gasteiger partial charge in [-0.05, 0) is 42.8 Å². The first-order chi connectivity index (χ1) is 7.16. The van der Waals surface area contributed by atoms with Crippen LogP contribution >= 0.6 is 15.9 Å². The molecule has 0 N–H and O–H groups in total. The lowest BCUT2D eigenvalue weighted by Gasteiger charge is -2.05. The van der Waals surface area contributed by atoms with E-state index in [1.807, 2.05) is 19.1 Å². The number of hydrogen-bond donors (Lipinski definition) is 0. The summed E-state index contributed by atoms with van der Waals surface area (Å²) in [6, 6.07) is 8.49. The lowest BCUT2D eigenvalue weighted by Crippen LogP contribution is -1.87. The van der Waals surface area contributed by atoms with Crippen molar-refractivity contribution < 1.29 is 4.39 Å². The van der Waals surface area contributed by atoms with Crippen LogP contribution in [0.5, 0.6) is 0 Å². The Morgan fingerprint density at radius 1 is 1.20 bits per heavy atom. The quantitative estimate of drug-likeness (QED) is 0.761. The molecule has 0 bridgehead atoms. The largest absolute Gasteiger partial charge is 0.256 e. The molecule has 1 aromatic heterocycles. The van der Waals surface area contributed by atoms with Crippen molar-refractivity contribution in [2.75, 3.05) is 0 Å². The number of rotatable bonds is 1. The van der Waals surface area contributed by atoms with Gasteiger partial charge in [0.2, 0.25) is 0 Å². The third-order valence-corrected chi connectivity index (χ3v) is 2.68. The van der Waals surface area contributed by atoms with Gasteiger partial charge in [0.15, 0.2) is 0 Å². The summed E-state index contributed by atoms with van der Waals surface area (Å²) in [5, 5.41) is 0. The zero-order valence-electron chi connectivity index (χ0n) is 8.17. The van der Waals surface area contributed by atoms with Gasteiger partial charge in [0.05, 0.1) is 5.69 Å². The Balaban J connectivity index is 2.54. The van der Waals surface area contributed by atoms with Gasteiger partial charge in [-0.2, -0.15) is 0 Å². The van der Waals surface area contributed by atoms with Crippen LogP contribution in [0.1, 0.15) is 5.56 Å². The smallest absolute Gasteiger partial charge is 0.123 e. The standard InChI is InChI=1S/C12H9BrFN/c1-8-6-10(14)2-3-11(8)12-7-9(13)4-5-15-12/h2-7H,1H3. The van der Waals surface area contributed by atoms with Gasteiger partial charge in [-0.25, -0.2) is 4.39 Å². The number of benzene rings is 1. The van der Waals surface area contributed by atoms with E-state index >= 15 is 0 Å². The maximum atomic E-state index is 12.9. The average Bonchev–Trinajstić information content (AvgIpc) is 2.17. The molecule has 0 aliphatic rings. The molecule has 0 radical (unpaired) electrons. The van der Waals surface area contributed by atoms with Gasteiger partial charge in [0.1, 0.15) is 5.82 Å². The molecule has 1 heterocycles. The summed E-state index contributed by atoms with van der Waals surface area (Å²) in [7, 11) is 0. The average molecular weight is 266 g/mol. The molecule has 0 atom stereocenters. The monoisotopic (exact) mass is 265 g/mol. The summed E-state index contributed by atoms with van der Waals surface area (Å²) in [4.78, 5) is 4.25. The van der Waals surface area contributed by atoms with E-state index in [0.29, 0.717) is 0 Å². The molecule has 3 heteroatoms. The highest BCUT2D eigenvalue weighted by molar-refractivity contribution is 9.10. The van der Waals surface area contributed by atoms with Crippen LogP contribution in [0, 0.1) is 12.7 Å². The van der Waals surface area contributed by atoms with Crippen LogP contribution in [0.2, 0.25) is 0 Å². The highest BCUT2D eigenvalue weighted by atomic mass is 79.9. The Morgan fingerprint density at radius 3 is 2.67 bits per heavy atom.